The number of halogens is 1. The zero-order valence-corrected chi connectivity index (χ0v) is 12.0. The molecule has 2 rings (SSSR count). The molecule has 18 heavy (non-hydrogen) atoms. The van der Waals surface area contributed by atoms with Gasteiger partial charge in [0.1, 0.15) is 0 Å². The highest BCUT2D eigenvalue weighted by Gasteiger charge is 2.02. The topological polar surface area (TPSA) is 29.0 Å². The number of likely N-dealkylation sites (N-methyl/N-ethyl adjacent to an activating group) is 1. The maximum atomic E-state index is 4.33. The van der Waals surface area contributed by atoms with Gasteiger partial charge in [-0.2, -0.15) is 0 Å². The Morgan fingerprint density at radius 1 is 1.28 bits per heavy atom. The van der Waals surface area contributed by atoms with E-state index in [0.717, 1.165) is 29.7 Å². The Morgan fingerprint density at radius 2 is 2.17 bits per heavy atom. The van der Waals surface area contributed by atoms with Gasteiger partial charge in [0.2, 0.25) is 0 Å². The predicted molar refractivity (Wildman–Crippen MR) is 76.2 cm³/mol. The van der Waals surface area contributed by atoms with E-state index in [1.54, 1.807) is 6.20 Å². The van der Waals surface area contributed by atoms with Gasteiger partial charge in [0.15, 0.2) is 0 Å². The number of pyridine rings is 2. The van der Waals surface area contributed by atoms with E-state index in [9.17, 15) is 0 Å². The van der Waals surface area contributed by atoms with Gasteiger partial charge in [-0.15, -0.1) is 0 Å². The summed E-state index contributed by atoms with van der Waals surface area (Å²) in [5, 5.41) is 0. The molecule has 2 aromatic rings. The zero-order valence-electron chi connectivity index (χ0n) is 10.4. The summed E-state index contributed by atoms with van der Waals surface area (Å²) in [5.74, 6) is 0. The molecule has 3 nitrogen and oxygen atoms in total. The summed E-state index contributed by atoms with van der Waals surface area (Å²) < 4.78 is 1.03. The summed E-state index contributed by atoms with van der Waals surface area (Å²) in [6.07, 6.45) is 6.52. The molecule has 0 saturated heterocycles. The van der Waals surface area contributed by atoms with Gasteiger partial charge in [-0.3, -0.25) is 9.97 Å². The van der Waals surface area contributed by atoms with Crippen molar-refractivity contribution in [1.29, 1.82) is 0 Å². The third-order valence-corrected chi connectivity index (χ3v) is 3.12. The Hall–Kier alpha value is -1.26. The summed E-state index contributed by atoms with van der Waals surface area (Å²) in [4.78, 5) is 10.8. The molecule has 2 aromatic heterocycles. The van der Waals surface area contributed by atoms with Crippen molar-refractivity contribution in [2.24, 2.45) is 0 Å². The van der Waals surface area contributed by atoms with Crippen LogP contribution >= 0.6 is 15.9 Å². The summed E-state index contributed by atoms with van der Waals surface area (Å²) in [6, 6.07) is 8.14. The quantitative estimate of drug-likeness (QED) is 0.850. The number of rotatable bonds is 5. The van der Waals surface area contributed by atoms with Gasteiger partial charge in [0.25, 0.3) is 0 Å². The first-order chi connectivity index (χ1) is 8.74. The van der Waals surface area contributed by atoms with E-state index in [2.05, 4.69) is 50.0 Å². The van der Waals surface area contributed by atoms with Gasteiger partial charge in [0, 0.05) is 48.3 Å². The Balaban J connectivity index is 1.84. The largest absolute Gasteiger partial charge is 0.302 e. The molecule has 0 radical (unpaired) electrons. The average Bonchev–Trinajstić information content (AvgIpc) is 2.38. The minimum Gasteiger partial charge on any atom is -0.302 e. The molecule has 94 valence electrons. The molecule has 0 N–H and O–H groups in total. The van der Waals surface area contributed by atoms with Gasteiger partial charge in [-0.1, -0.05) is 6.07 Å². The molecule has 2 heterocycles. The van der Waals surface area contributed by atoms with Crippen molar-refractivity contribution in [3.8, 4) is 0 Å². The van der Waals surface area contributed by atoms with Gasteiger partial charge in [-0.05, 0) is 46.7 Å². The van der Waals surface area contributed by atoms with Crippen molar-refractivity contribution < 1.29 is 0 Å². The van der Waals surface area contributed by atoms with Gasteiger partial charge < -0.3 is 4.90 Å². The summed E-state index contributed by atoms with van der Waals surface area (Å²) in [7, 11) is 2.11. The van der Waals surface area contributed by atoms with E-state index in [4.69, 9.17) is 0 Å². The van der Waals surface area contributed by atoms with Gasteiger partial charge in [0.05, 0.1) is 0 Å². The van der Waals surface area contributed by atoms with Crippen molar-refractivity contribution in [2.75, 3.05) is 13.6 Å². The second-order valence-corrected chi connectivity index (χ2v) is 5.24. The molecule has 0 bridgehead atoms. The molecule has 0 atom stereocenters. The van der Waals surface area contributed by atoms with E-state index >= 15 is 0 Å². The molecule has 0 aliphatic rings. The summed E-state index contributed by atoms with van der Waals surface area (Å²) >= 11 is 3.44. The number of aromatic nitrogens is 2. The average molecular weight is 306 g/mol. The standard InChI is InChI=1S/C14H16BrN3/c1-18(7-5-14-4-2-3-6-17-14)11-12-8-13(15)10-16-9-12/h2-4,6,8-10H,5,7,11H2,1H3. The van der Waals surface area contributed by atoms with Crippen LogP contribution in [0.5, 0.6) is 0 Å². The normalized spacial score (nSPS) is 10.8. The predicted octanol–water partition coefficient (Wildman–Crippen LogP) is 2.91. The van der Waals surface area contributed by atoms with Crippen molar-refractivity contribution >= 4 is 15.9 Å². The maximum absolute atomic E-state index is 4.33. The van der Waals surface area contributed by atoms with Crippen LogP contribution in [-0.4, -0.2) is 28.5 Å². The molecule has 0 amide bonds. The molecular weight excluding hydrogens is 290 g/mol. The molecule has 0 spiro atoms. The van der Waals surface area contributed by atoms with Crippen LogP contribution < -0.4 is 0 Å². The Labute approximate surface area is 116 Å². The Morgan fingerprint density at radius 3 is 2.89 bits per heavy atom. The lowest BCUT2D eigenvalue weighted by molar-refractivity contribution is 0.329. The van der Waals surface area contributed by atoms with Crippen LogP contribution in [0.1, 0.15) is 11.3 Å². The van der Waals surface area contributed by atoms with E-state index in [1.807, 2.05) is 24.5 Å². The fraction of sp³-hybridized carbons (Fsp3) is 0.286. The number of hydrogen-bond donors (Lipinski definition) is 0. The first-order valence-electron chi connectivity index (χ1n) is 5.92. The van der Waals surface area contributed by atoms with Crippen LogP contribution in [0.4, 0.5) is 0 Å². The third-order valence-electron chi connectivity index (χ3n) is 2.69. The van der Waals surface area contributed by atoms with Gasteiger partial charge >= 0.3 is 0 Å². The molecule has 0 saturated carbocycles. The molecule has 0 aliphatic heterocycles. The minimum absolute atomic E-state index is 0.902. The first-order valence-corrected chi connectivity index (χ1v) is 6.71. The summed E-state index contributed by atoms with van der Waals surface area (Å²) in [6.45, 7) is 1.89. The van der Waals surface area contributed by atoms with Crippen LogP contribution in [0.25, 0.3) is 0 Å². The van der Waals surface area contributed by atoms with Crippen LogP contribution in [0, 0.1) is 0 Å². The van der Waals surface area contributed by atoms with E-state index in [-0.39, 0.29) is 0 Å². The molecule has 0 unspecified atom stereocenters. The summed E-state index contributed by atoms with van der Waals surface area (Å²) in [5.41, 5.74) is 2.35. The molecular formula is C14H16BrN3. The van der Waals surface area contributed by atoms with E-state index in [1.165, 1.54) is 5.56 Å². The number of nitrogens with zero attached hydrogens (tertiary/aromatic N) is 3. The zero-order chi connectivity index (χ0) is 12.8. The van der Waals surface area contributed by atoms with Crippen molar-refractivity contribution in [3.05, 3.63) is 58.6 Å². The van der Waals surface area contributed by atoms with Crippen LogP contribution in [0.3, 0.4) is 0 Å². The SMILES string of the molecule is CN(CCc1ccccn1)Cc1cncc(Br)c1. The smallest absolute Gasteiger partial charge is 0.0416 e. The lowest BCUT2D eigenvalue weighted by Crippen LogP contribution is -2.21. The highest BCUT2D eigenvalue weighted by Crippen LogP contribution is 2.11. The van der Waals surface area contributed by atoms with E-state index < -0.39 is 0 Å². The maximum Gasteiger partial charge on any atom is 0.0416 e. The van der Waals surface area contributed by atoms with Crippen molar-refractivity contribution in [2.45, 2.75) is 13.0 Å². The molecule has 4 heteroatoms. The molecule has 0 aromatic carbocycles. The molecule has 0 fully saturated rings. The second kappa shape index (κ2) is 6.61. The van der Waals surface area contributed by atoms with Gasteiger partial charge in [-0.25, -0.2) is 0 Å². The first kappa shape index (κ1) is 13.2. The lowest BCUT2D eigenvalue weighted by atomic mass is 10.2. The monoisotopic (exact) mass is 305 g/mol. The fourth-order valence-electron chi connectivity index (χ4n) is 1.78. The second-order valence-electron chi connectivity index (χ2n) is 4.32. The number of hydrogen-bond acceptors (Lipinski definition) is 3. The Kier molecular flexibility index (Phi) is 4.84. The fourth-order valence-corrected chi connectivity index (χ4v) is 2.20. The van der Waals surface area contributed by atoms with Crippen LogP contribution in [0.15, 0.2) is 47.3 Å². The highest BCUT2D eigenvalue weighted by atomic mass is 79.9. The highest BCUT2D eigenvalue weighted by molar-refractivity contribution is 9.10. The minimum atomic E-state index is 0.902. The third kappa shape index (κ3) is 4.20. The van der Waals surface area contributed by atoms with Crippen molar-refractivity contribution in [3.63, 3.8) is 0 Å². The van der Waals surface area contributed by atoms with Crippen LogP contribution in [-0.2, 0) is 13.0 Å². The lowest BCUT2D eigenvalue weighted by Gasteiger charge is -2.16. The Bertz CT molecular complexity index is 487. The van der Waals surface area contributed by atoms with Crippen molar-refractivity contribution in [1.82, 2.24) is 14.9 Å². The molecule has 0 aliphatic carbocycles. The van der Waals surface area contributed by atoms with E-state index in [0.29, 0.717) is 0 Å². The van der Waals surface area contributed by atoms with Crippen LogP contribution in [0.2, 0.25) is 0 Å².